The number of ether oxygens (including phenoxy) is 4. The summed E-state index contributed by atoms with van der Waals surface area (Å²) in [6, 6.07) is 2.91. The smallest absolute Gasteiger partial charge is 0.348 e. The Morgan fingerprint density at radius 3 is 2.36 bits per heavy atom. The highest BCUT2D eigenvalue weighted by atomic mass is 35.5. The van der Waals surface area contributed by atoms with Crippen LogP contribution in [0.25, 0.3) is 6.08 Å². The number of rotatable bonds is 4. The van der Waals surface area contributed by atoms with Crippen LogP contribution in [0.5, 0.6) is 11.5 Å². The molecule has 1 heterocycles. The molecule has 0 unspecified atom stereocenters. The molecule has 1 saturated heterocycles. The largest absolute Gasteiger partial charge is 0.490 e. The zero-order valence-corrected chi connectivity index (χ0v) is 14.9. The van der Waals surface area contributed by atoms with Gasteiger partial charge in [-0.15, -0.1) is 0 Å². The van der Waals surface area contributed by atoms with Gasteiger partial charge in [-0.3, -0.25) is 4.79 Å². The topological polar surface area (TPSA) is 88.1 Å². The Hall–Kier alpha value is -2.54. The molecule has 0 aromatic heterocycles. The van der Waals surface area contributed by atoms with E-state index in [9.17, 15) is 14.4 Å². The number of halogens is 1. The molecule has 1 aromatic carbocycles. The van der Waals surface area contributed by atoms with Crippen LogP contribution in [0.15, 0.2) is 17.7 Å². The minimum absolute atomic E-state index is 0.0631. The van der Waals surface area contributed by atoms with Crippen LogP contribution in [0.4, 0.5) is 0 Å². The zero-order valence-electron chi connectivity index (χ0n) is 14.2. The lowest BCUT2D eigenvalue weighted by Gasteiger charge is -2.29. The first-order valence-corrected chi connectivity index (χ1v) is 7.84. The highest BCUT2D eigenvalue weighted by Crippen LogP contribution is 2.37. The minimum atomic E-state index is -1.32. The fraction of sp³-hybridized carbons (Fsp3) is 0.353. The number of cyclic esters (lactones) is 2. The highest BCUT2D eigenvalue weighted by molar-refractivity contribution is 6.32. The number of benzene rings is 1. The summed E-state index contributed by atoms with van der Waals surface area (Å²) in [5.41, 5.74) is 0.103. The molecule has 1 aromatic rings. The molecule has 1 aliphatic heterocycles. The Balaban J connectivity index is 2.44. The van der Waals surface area contributed by atoms with Gasteiger partial charge < -0.3 is 18.9 Å². The van der Waals surface area contributed by atoms with Crippen LogP contribution in [0.1, 0.15) is 33.3 Å². The van der Waals surface area contributed by atoms with E-state index in [1.54, 1.807) is 6.92 Å². The monoisotopic (exact) mass is 368 g/mol. The van der Waals surface area contributed by atoms with Gasteiger partial charge in [-0.25, -0.2) is 9.59 Å². The van der Waals surface area contributed by atoms with E-state index in [0.29, 0.717) is 12.2 Å². The number of carbonyl (C=O) groups excluding carboxylic acids is 3. The van der Waals surface area contributed by atoms with E-state index in [2.05, 4.69) is 0 Å². The molecule has 25 heavy (non-hydrogen) atoms. The molecule has 8 heteroatoms. The van der Waals surface area contributed by atoms with Gasteiger partial charge in [0.1, 0.15) is 5.57 Å². The zero-order chi connectivity index (χ0) is 18.8. The van der Waals surface area contributed by atoms with Crippen molar-refractivity contribution in [3.8, 4) is 11.5 Å². The second kappa shape index (κ2) is 7.14. The van der Waals surface area contributed by atoms with Gasteiger partial charge in [0.15, 0.2) is 11.5 Å². The van der Waals surface area contributed by atoms with Crippen LogP contribution < -0.4 is 9.47 Å². The van der Waals surface area contributed by atoms with Gasteiger partial charge in [0.25, 0.3) is 5.79 Å². The summed E-state index contributed by atoms with van der Waals surface area (Å²) < 4.78 is 20.5. The van der Waals surface area contributed by atoms with Crippen LogP contribution in [-0.4, -0.2) is 30.3 Å². The fourth-order valence-electron chi connectivity index (χ4n) is 2.12. The molecule has 0 aliphatic carbocycles. The van der Waals surface area contributed by atoms with Crippen LogP contribution in [0, 0.1) is 0 Å². The lowest BCUT2D eigenvalue weighted by atomic mass is 10.1. The Morgan fingerprint density at radius 1 is 1.24 bits per heavy atom. The van der Waals surface area contributed by atoms with E-state index in [4.69, 9.17) is 30.5 Å². The van der Waals surface area contributed by atoms with Crippen molar-refractivity contribution in [1.29, 1.82) is 0 Å². The standard InChI is InChI=1S/C17H17ClO7/c1-5-22-13-8-10(7-12(18)14(13)23-9(2)19)6-11-15(20)24-17(3,4)25-16(11)21/h6-8H,5H2,1-4H3. The maximum absolute atomic E-state index is 12.0. The third-order valence-electron chi connectivity index (χ3n) is 3.01. The minimum Gasteiger partial charge on any atom is -0.490 e. The summed E-state index contributed by atoms with van der Waals surface area (Å²) in [5.74, 6) is -3.23. The SMILES string of the molecule is CCOc1cc(C=C2C(=O)OC(C)(C)OC2=O)cc(Cl)c1OC(C)=O. The average Bonchev–Trinajstić information content (AvgIpc) is 2.45. The van der Waals surface area contributed by atoms with Gasteiger partial charge in [-0.1, -0.05) is 11.6 Å². The summed E-state index contributed by atoms with van der Waals surface area (Å²) in [4.78, 5) is 35.2. The molecular formula is C17H17ClO7. The molecule has 0 atom stereocenters. The lowest BCUT2D eigenvalue weighted by molar-refractivity contribution is -0.222. The maximum Gasteiger partial charge on any atom is 0.348 e. The second-order valence-electron chi connectivity index (χ2n) is 5.59. The summed E-state index contributed by atoms with van der Waals surface area (Å²) in [5, 5.41) is 0.0888. The number of hydrogen-bond donors (Lipinski definition) is 0. The molecule has 0 spiro atoms. The van der Waals surface area contributed by atoms with Crippen molar-refractivity contribution in [2.24, 2.45) is 0 Å². The lowest BCUT2D eigenvalue weighted by Crippen LogP contribution is -2.41. The van der Waals surface area contributed by atoms with E-state index >= 15 is 0 Å². The molecule has 0 saturated carbocycles. The normalized spacial score (nSPS) is 16.0. The van der Waals surface area contributed by atoms with Crippen molar-refractivity contribution in [3.05, 3.63) is 28.3 Å². The molecule has 7 nitrogen and oxygen atoms in total. The molecule has 1 aliphatic rings. The van der Waals surface area contributed by atoms with Gasteiger partial charge in [-0.2, -0.15) is 0 Å². The number of carbonyl (C=O) groups is 3. The van der Waals surface area contributed by atoms with Crippen molar-refractivity contribution >= 4 is 35.6 Å². The Labute approximate surface area is 149 Å². The van der Waals surface area contributed by atoms with Crippen molar-refractivity contribution in [1.82, 2.24) is 0 Å². The van der Waals surface area contributed by atoms with Crippen LogP contribution >= 0.6 is 11.6 Å². The first-order valence-electron chi connectivity index (χ1n) is 7.46. The quantitative estimate of drug-likeness (QED) is 0.349. The van der Waals surface area contributed by atoms with Crippen molar-refractivity contribution in [2.75, 3.05) is 6.61 Å². The van der Waals surface area contributed by atoms with E-state index in [1.165, 1.54) is 39.0 Å². The summed E-state index contributed by atoms with van der Waals surface area (Å²) in [6.07, 6.45) is 1.27. The van der Waals surface area contributed by atoms with Crippen LogP contribution in [-0.2, 0) is 23.9 Å². The average molecular weight is 369 g/mol. The van der Waals surface area contributed by atoms with Gasteiger partial charge in [0.2, 0.25) is 0 Å². The first-order chi connectivity index (χ1) is 11.6. The van der Waals surface area contributed by atoms with E-state index in [1.807, 2.05) is 0 Å². The van der Waals surface area contributed by atoms with E-state index in [0.717, 1.165) is 0 Å². The third kappa shape index (κ3) is 4.51. The van der Waals surface area contributed by atoms with E-state index < -0.39 is 23.7 Å². The molecule has 2 rings (SSSR count). The summed E-state index contributed by atoms with van der Waals surface area (Å²) in [6.45, 7) is 6.18. The summed E-state index contributed by atoms with van der Waals surface area (Å²) in [7, 11) is 0. The Bertz CT molecular complexity index is 743. The van der Waals surface area contributed by atoms with Crippen molar-refractivity contribution in [2.45, 2.75) is 33.5 Å². The van der Waals surface area contributed by atoms with Gasteiger partial charge in [0, 0.05) is 20.8 Å². The third-order valence-corrected chi connectivity index (χ3v) is 3.29. The Kier molecular flexibility index (Phi) is 5.37. The van der Waals surface area contributed by atoms with Gasteiger partial charge >= 0.3 is 17.9 Å². The van der Waals surface area contributed by atoms with Gasteiger partial charge in [0.05, 0.1) is 11.6 Å². The molecule has 134 valence electrons. The fourth-order valence-corrected chi connectivity index (χ4v) is 2.38. The molecule has 1 fully saturated rings. The maximum atomic E-state index is 12.0. The molecule has 0 amide bonds. The predicted molar refractivity (Wildman–Crippen MR) is 88.2 cm³/mol. The van der Waals surface area contributed by atoms with Crippen molar-refractivity contribution < 1.29 is 33.3 Å². The predicted octanol–water partition coefficient (Wildman–Crippen LogP) is 2.88. The number of hydrogen-bond acceptors (Lipinski definition) is 7. The molecular weight excluding hydrogens is 352 g/mol. The Morgan fingerprint density at radius 2 is 1.84 bits per heavy atom. The number of esters is 3. The first kappa shape index (κ1) is 18.8. The highest BCUT2D eigenvalue weighted by Gasteiger charge is 2.38. The molecule has 0 radical (unpaired) electrons. The van der Waals surface area contributed by atoms with Crippen molar-refractivity contribution in [3.63, 3.8) is 0 Å². The summed E-state index contributed by atoms with van der Waals surface area (Å²) >= 11 is 6.13. The molecule has 0 bridgehead atoms. The van der Waals surface area contributed by atoms with Crippen LogP contribution in [0.2, 0.25) is 5.02 Å². The van der Waals surface area contributed by atoms with Gasteiger partial charge in [-0.05, 0) is 30.7 Å². The second-order valence-corrected chi connectivity index (χ2v) is 6.00. The molecule has 0 N–H and O–H groups in total. The van der Waals surface area contributed by atoms with Crippen LogP contribution in [0.3, 0.4) is 0 Å². The van der Waals surface area contributed by atoms with E-state index in [-0.39, 0.29) is 22.1 Å².